The zero-order chi connectivity index (χ0) is 25.9. The Kier molecular flexibility index (Phi) is 4.74. The van der Waals surface area contributed by atoms with E-state index >= 15 is 0 Å². The predicted molar refractivity (Wildman–Crippen MR) is 160 cm³/mol. The van der Waals surface area contributed by atoms with Gasteiger partial charge in [0.2, 0.25) is 0 Å². The Hall–Kier alpha value is -5.15. The van der Waals surface area contributed by atoms with Crippen LogP contribution in [0, 0.1) is 6.92 Å². The highest BCUT2D eigenvalue weighted by Crippen LogP contribution is 2.40. The fraction of sp³-hybridized carbons (Fsp3) is 0.0278. The molecule has 0 aliphatic rings. The van der Waals surface area contributed by atoms with E-state index in [0.29, 0.717) is 0 Å². The van der Waals surface area contributed by atoms with Crippen molar-refractivity contribution in [3.8, 4) is 33.5 Å². The minimum atomic E-state index is 0.853. The fourth-order valence-corrected chi connectivity index (χ4v) is 5.77. The monoisotopic (exact) mass is 501 g/mol. The van der Waals surface area contributed by atoms with E-state index in [9.17, 15) is 0 Å². The second kappa shape index (κ2) is 8.44. The molecule has 0 aliphatic heterocycles. The van der Waals surface area contributed by atoms with Crippen LogP contribution in [0.3, 0.4) is 0 Å². The lowest BCUT2D eigenvalue weighted by atomic mass is 9.98. The molecule has 0 bridgehead atoms. The number of furan rings is 2. The molecular weight excluding hydrogens is 478 g/mol. The number of hydrogen-bond donors (Lipinski definition) is 0. The Labute approximate surface area is 225 Å². The molecule has 8 aromatic rings. The third kappa shape index (κ3) is 3.40. The van der Waals surface area contributed by atoms with Gasteiger partial charge in [0.1, 0.15) is 22.3 Å². The van der Waals surface area contributed by atoms with Crippen LogP contribution in [-0.2, 0) is 0 Å². The lowest BCUT2D eigenvalue weighted by Crippen LogP contribution is -1.90. The highest BCUT2D eigenvalue weighted by molar-refractivity contribution is 6.13. The molecule has 0 N–H and O–H groups in total. The van der Waals surface area contributed by atoms with Crippen LogP contribution in [0.15, 0.2) is 130 Å². The number of hydrogen-bond acceptors (Lipinski definition) is 3. The van der Waals surface area contributed by atoms with Gasteiger partial charge in [-0.1, -0.05) is 84.9 Å². The van der Waals surface area contributed by atoms with Crippen molar-refractivity contribution in [3.63, 3.8) is 0 Å². The van der Waals surface area contributed by atoms with Crippen LogP contribution in [0.25, 0.3) is 77.4 Å². The van der Waals surface area contributed by atoms with E-state index < -0.39 is 0 Å². The second-order valence-electron chi connectivity index (χ2n) is 10.0. The van der Waals surface area contributed by atoms with Gasteiger partial charge in [-0.05, 0) is 53.9 Å². The molecule has 0 atom stereocenters. The van der Waals surface area contributed by atoms with Crippen LogP contribution in [0.4, 0.5) is 0 Å². The Morgan fingerprint density at radius 3 is 1.97 bits per heavy atom. The minimum Gasteiger partial charge on any atom is -0.455 e. The van der Waals surface area contributed by atoms with E-state index in [4.69, 9.17) is 13.8 Å². The number of aromatic nitrogens is 1. The summed E-state index contributed by atoms with van der Waals surface area (Å²) in [6.07, 6.45) is 1.97. The van der Waals surface area contributed by atoms with Crippen molar-refractivity contribution in [2.24, 2.45) is 0 Å². The number of aryl methyl sites for hydroxylation is 1. The quantitative estimate of drug-likeness (QED) is 0.242. The maximum Gasteiger partial charge on any atom is 0.144 e. The predicted octanol–water partition coefficient (Wildman–Crippen LogP) is 10.2. The molecule has 0 radical (unpaired) electrons. The maximum atomic E-state index is 6.46. The van der Waals surface area contributed by atoms with Gasteiger partial charge in [0.05, 0.1) is 5.69 Å². The second-order valence-corrected chi connectivity index (χ2v) is 10.0. The van der Waals surface area contributed by atoms with Gasteiger partial charge in [0.25, 0.3) is 0 Å². The van der Waals surface area contributed by atoms with Gasteiger partial charge in [-0.15, -0.1) is 0 Å². The number of fused-ring (bicyclic) bond motifs is 6. The fourth-order valence-electron chi connectivity index (χ4n) is 5.77. The zero-order valence-corrected chi connectivity index (χ0v) is 21.3. The topological polar surface area (TPSA) is 39.2 Å². The lowest BCUT2D eigenvalue weighted by molar-refractivity contribution is 0.668. The maximum absolute atomic E-state index is 6.46. The van der Waals surface area contributed by atoms with Crippen molar-refractivity contribution in [1.29, 1.82) is 0 Å². The first-order chi connectivity index (χ1) is 19.2. The molecule has 0 spiro atoms. The van der Waals surface area contributed by atoms with Crippen molar-refractivity contribution in [2.45, 2.75) is 6.92 Å². The van der Waals surface area contributed by atoms with E-state index in [2.05, 4.69) is 104 Å². The van der Waals surface area contributed by atoms with Crippen LogP contribution in [0.1, 0.15) is 5.56 Å². The summed E-state index contributed by atoms with van der Waals surface area (Å²) >= 11 is 0. The molecule has 8 rings (SSSR count). The third-order valence-corrected chi connectivity index (χ3v) is 7.68. The number of benzene rings is 5. The molecular formula is C36H23NO2. The number of rotatable bonds is 3. The summed E-state index contributed by atoms with van der Waals surface area (Å²) in [5, 5.41) is 4.42. The molecule has 0 saturated carbocycles. The Balaban J connectivity index is 1.28. The number of para-hydroxylation sites is 3. The van der Waals surface area contributed by atoms with E-state index in [1.807, 2.05) is 24.4 Å². The summed E-state index contributed by atoms with van der Waals surface area (Å²) in [5.74, 6) is 0. The standard InChI is InChI=1S/C36H23NO2/c1-22-19-32(37-21-31(22)23-9-3-2-4-10-23)29-15-8-14-28-30-20-24(17-18-34(30)39-36(28)29)25-12-7-13-27-26-11-5-6-16-33(26)38-35(25)27/h2-21H,1H3. The average molecular weight is 502 g/mol. The summed E-state index contributed by atoms with van der Waals surface area (Å²) in [5.41, 5.74) is 11.1. The average Bonchev–Trinajstić information content (AvgIpc) is 3.55. The first-order valence-corrected chi connectivity index (χ1v) is 13.1. The Morgan fingerprint density at radius 2 is 1.15 bits per heavy atom. The van der Waals surface area contributed by atoms with E-state index in [-0.39, 0.29) is 0 Å². The SMILES string of the molecule is Cc1cc(-c2cccc3c2oc2ccc(-c4cccc5c4oc4ccccc45)cc23)ncc1-c1ccccc1. The van der Waals surface area contributed by atoms with Gasteiger partial charge in [0, 0.05) is 44.4 Å². The summed E-state index contributed by atoms with van der Waals surface area (Å²) < 4.78 is 12.8. The molecule has 3 heteroatoms. The summed E-state index contributed by atoms with van der Waals surface area (Å²) in [4.78, 5) is 4.85. The van der Waals surface area contributed by atoms with Crippen molar-refractivity contribution in [3.05, 3.63) is 127 Å². The highest BCUT2D eigenvalue weighted by atomic mass is 16.3. The molecule has 0 aliphatic carbocycles. The number of pyridine rings is 1. The van der Waals surface area contributed by atoms with Crippen LogP contribution in [-0.4, -0.2) is 4.98 Å². The summed E-state index contributed by atoms with van der Waals surface area (Å²) in [6, 6.07) is 39.8. The van der Waals surface area contributed by atoms with Crippen LogP contribution in [0.2, 0.25) is 0 Å². The molecule has 0 amide bonds. The molecule has 0 saturated heterocycles. The molecule has 5 aromatic carbocycles. The van der Waals surface area contributed by atoms with Gasteiger partial charge >= 0.3 is 0 Å². The first kappa shape index (κ1) is 21.9. The van der Waals surface area contributed by atoms with E-state index in [1.54, 1.807) is 0 Å². The molecule has 3 nitrogen and oxygen atoms in total. The van der Waals surface area contributed by atoms with Crippen molar-refractivity contribution in [1.82, 2.24) is 4.98 Å². The molecule has 0 unspecified atom stereocenters. The van der Waals surface area contributed by atoms with Crippen LogP contribution < -0.4 is 0 Å². The van der Waals surface area contributed by atoms with Crippen molar-refractivity contribution >= 4 is 43.9 Å². The number of nitrogens with zero attached hydrogens (tertiary/aromatic N) is 1. The van der Waals surface area contributed by atoms with Gasteiger partial charge < -0.3 is 8.83 Å². The molecule has 184 valence electrons. The largest absolute Gasteiger partial charge is 0.455 e. The summed E-state index contributed by atoms with van der Waals surface area (Å²) in [7, 11) is 0. The summed E-state index contributed by atoms with van der Waals surface area (Å²) in [6.45, 7) is 2.14. The van der Waals surface area contributed by atoms with E-state index in [1.165, 1.54) is 11.1 Å². The van der Waals surface area contributed by atoms with Gasteiger partial charge in [0.15, 0.2) is 0 Å². The first-order valence-electron chi connectivity index (χ1n) is 13.1. The minimum absolute atomic E-state index is 0.853. The van der Waals surface area contributed by atoms with Crippen LogP contribution >= 0.6 is 0 Å². The van der Waals surface area contributed by atoms with Crippen molar-refractivity contribution in [2.75, 3.05) is 0 Å². The zero-order valence-electron chi connectivity index (χ0n) is 21.3. The molecule has 3 aromatic heterocycles. The highest BCUT2D eigenvalue weighted by Gasteiger charge is 2.17. The van der Waals surface area contributed by atoms with Crippen molar-refractivity contribution < 1.29 is 8.83 Å². The van der Waals surface area contributed by atoms with Crippen LogP contribution in [0.5, 0.6) is 0 Å². The van der Waals surface area contributed by atoms with Gasteiger partial charge in [-0.2, -0.15) is 0 Å². The van der Waals surface area contributed by atoms with Gasteiger partial charge in [-0.25, -0.2) is 0 Å². The lowest BCUT2D eigenvalue weighted by Gasteiger charge is -2.08. The third-order valence-electron chi connectivity index (χ3n) is 7.68. The van der Waals surface area contributed by atoms with E-state index in [0.717, 1.165) is 71.8 Å². The molecule has 39 heavy (non-hydrogen) atoms. The smallest absolute Gasteiger partial charge is 0.144 e. The Bertz CT molecular complexity index is 2180. The Morgan fingerprint density at radius 1 is 0.487 bits per heavy atom. The normalized spacial score (nSPS) is 11.7. The van der Waals surface area contributed by atoms with Gasteiger partial charge in [-0.3, -0.25) is 4.98 Å². The molecule has 0 fully saturated rings. The molecule has 3 heterocycles.